The summed E-state index contributed by atoms with van der Waals surface area (Å²) in [4.78, 5) is 11.1. The maximum Gasteiger partial charge on any atom is 0.255 e. The number of nitrogens with two attached hydrogens (primary N) is 1. The van der Waals surface area contributed by atoms with Crippen LogP contribution in [0.2, 0.25) is 10.0 Å². The zero-order valence-corrected chi connectivity index (χ0v) is 20.5. The van der Waals surface area contributed by atoms with Crippen molar-refractivity contribution >= 4 is 40.9 Å². The molecule has 0 spiro atoms. The number of anilines is 1. The number of carbonyl (C=O) groups is 1. The van der Waals surface area contributed by atoms with E-state index in [4.69, 9.17) is 43.1 Å². The van der Waals surface area contributed by atoms with E-state index in [2.05, 4.69) is 5.32 Å². The third-order valence-electron chi connectivity index (χ3n) is 5.24. The molecule has 1 aliphatic rings. The van der Waals surface area contributed by atoms with Crippen LogP contribution in [0.3, 0.4) is 0 Å². The van der Waals surface area contributed by atoms with Gasteiger partial charge in [0.2, 0.25) is 0 Å². The average Bonchev–Trinajstić information content (AvgIpc) is 3.03. The second kappa shape index (κ2) is 11.2. The lowest BCUT2D eigenvalue weighted by molar-refractivity contribution is -0.119. The molecule has 3 aromatic carbocycles. The first-order valence-corrected chi connectivity index (χ1v) is 11.6. The predicted molar refractivity (Wildman–Crippen MR) is 139 cm³/mol. The van der Waals surface area contributed by atoms with E-state index >= 15 is 0 Å². The largest absolute Gasteiger partial charge is 0.489 e. The average molecular weight is 511 g/mol. The van der Waals surface area contributed by atoms with Crippen LogP contribution in [0.1, 0.15) is 16.7 Å². The quantitative estimate of drug-likeness (QED) is 0.360. The highest BCUT2D eigenvalue weighted by Gasteiger charge is 2.11. The number of para-hydroxylation sites is 1. The molecule has 3 N–H and O–H groups in total. The lowest BCUT2D eigenvalue weighted by Crippen LogP contribution is -2.21. The zero-order valence-electron chi connectivity index (χ0n) is 19.0. The molecule has 0 saturated carbocycles. The predicted octanol–water partition coefficient (Wildman–Crippen LogP) is 6.15. The molecule has 8 heteroatoms. The number of amides is 1. The smallest absolute Gasteiger partial charge is 0.255 e. The van der Waals surface area contributed by atoms with Gasteiger partial charge in [-0.3, -0.25) is 4.79 Å². The van der Waals surface area contributed by atoms with E-state index in [1.165, 1.54) is 0 Å². The van der Waals surface area contributed by atoms with E-state index in [-0.39, 0.29) is 13.2 Å². The molecule has 0 atom stereocenters. The first-order chi connectivity index (χ1) is 16.9. The van der Waals surface area contributed by atoms with Crippen LogP contribution in [0.25, 0.3) is 6.08 Å². The van der Waals surface area contributed by atoms with Crippen molar-refractivity contribution in [3.8, 4) is 17.2 Å². The van der Waals surface area contributed by atoms with Gasteiger partial charge in [-0.2, -0.15) is 0 Å². The fourth-order valence-electron chi connectivity index (χ4n) is 3.49. The van der Waals surface area contributed by atoms with Gasteiger partial charge in [-0.1, -0.05) is 59.6 Å². The van der Waals surface area contributed by atoms with Crippen molar-refractivity contribution in [2.75, 3.05) is 18.5 Å². The molecule has 6 nitrogen and oxygen atoms in total. The maximum absolute atomic E-state index is 11.1. The number of aryl methyl sites for hydroxylation is 1. The fraction of sp³-hybridized carbons (Fsp3) is 0.148. The van der Waals surface area contributed by atoms with E-state index in [1.807, 2.05) is 73.8 Å². The Balaban J connectivity index is 1.38. The number of hydrogen-bond acceptors (Lipinski definition) is 5. The number of primary amides is 1. The Kier molecular flexibility index (Phi) is 7.85. The van der Waals surface area contributed by atoms with Gasteiger partial charge >= 0.3 is 0 Å². The van der Waals surface area contributed by atoms with E-state index in [0.29, 0.717) is 33.9 Å². The molecule has 3 aromatic rings. The van der Waals surface area contributed by atoms with Gasteiger partial charge in [-0.15, -0.1) is 0 Å². The number of halogens is 2. The highest BCUT2D eigenvalue weighted by Crippen LogP contribution is 2.32. The number of nitrogens with one attached hydrogen (secondary N) is 1. The van der Waals surface area contributed by atoms with Crippen LogP contribution >= 0.6 is 23.2 Å². The number of rotatable bonds is 9. The maximum atomic E-state index is 11.1. The summed E-state index contributed by atoms with van der Waals surface area (Å²) in [6.45, 7) is 2.33. The Morgan fingerprint density at radius 1 is 0.914 bits per heavy atom. The normalized spacial score (nSPS) is 12.1. The fourth-order valence-corrected chi connectivity index (χ4v) is 3.82. The summed E-state index contributed by atoms with van der Waals surface area (Å²) in [6.07, 6.45) is 5.80. The van der Waals surface area contributed by atoms with Crippen molar-refractivity contribution in [1.82, 2.24) is 0 Å². The first kappa shape index (κ1) is 24.5. The number of ether oxygens (including phenoxy) is 3. The SMILES string of the molecule is Cc1cccc(COc2cccc(OCC3=CNc4cc(Cl)c(Cl)cc4C=C3)c2)c1OCC(N)=O. The van der Waals surface area contributed by atoms with Crippen molar-refractivity contribution in [3.63, 3.8) is 0 Å². The molecular weight excluding hydrogens is 487 g/mol. The van der Waals surface area contributed by atoms with Crippen LogP contribution < -0.4 is 25.3 Å². The molecule has 0 bridgehead atoms. The molecule has 180 valence electrons. The molecular formula is C27H24Cl2N2O4. The summed E-state index contributed by atoms with van der Waals surface area (Å²) in [6, 6.07) is 16.7. The van der Waals surface area contributed by atoms with Gasteiger partial charge in [-0.05, 0) is 42.3 Å². The van der Waals surface area contributed by atoms with E-state index in [0.717, 1.165) is 28.0 Å². The molecule has 1 amide bonds. The summed E-state index contributed by atoms with van der Waals surface area (Å²) in [5, 5.41) is 4.24. The Bertz CT molecular complexity index is 1300. The Labute approximate surface area is 213 Å². The lowest BCUT2D eigenvalue weighted by Gasteiger charge is -2.14. The summed E-state index contributed by atoms with van der Waals surface area (Å²) < 4.78 is 17.5. The topological polar surface area (TPSA) is 82.8 Å². The molecule has 0 unspecified atom stereocenters. The zero-order chi connectivity index (χ0) is 24.8. The van der Waals surface area contributed by atoms with Gasteiger partial charge < -0.3 is 25.3 Å². The van der Waals surface area contributed by atoms with Gasteiger partial charge in [0.1, 0.15) is 30.5 Å². The van der Waals surface area contributed by atoms with Crippen molar-refractivity contribution in [1.29, 1.82) is 0 Å². The molecule has 0 radical (unpaired) electrons. The Morgan fingerprint density at radius 2 is 1.63 bits per heavy atom. The molecule has 0 aliphatic carbocycles. The monoisotopic (exact) mass is 510 g/mol. The molecule has 4 rings (SSSR count). The summed E-state index contributed by atoms with van der Waals surface area (Å²) >= 11 is 12.2. The minimum atomic E-state index is -0.532. The summed E-state index contributed by atoms with van der Waals surface area (Å²) in [5.41, 5.74) is 9.68. The van der Waals surface area contributed by atoms with Crippen LogP contribution in [0.5, 0.6) is 17.2 Å². The van der Waals surface area contributed by atoms with Crippen molar-refractivity contribution in [2.24, 2.45) is 5.73 Å². The van der Waals surface area contributed by atoms with E-state index in [1.54, 1.807) is 6.07 Å². The van der Waals surface area contributed by atoms with E-state index in [9.17, 15) is 4.79 Å². The van der Waals surface area contributed by atoms with Crippen LogP contribution in [0, 0.1) is 6.92 Å². The lowest BCUT2D eigenvalue weighted by atomic mass is 10.1. The number of carbonyl (C=O) groups excluding carboxylic acids is 1. The standard InChI is InChI=1S/C27H24Cl2N2O4/c1-17-4-2-5-20(27(17)35-16-26(30)32)15-34-22-7-3-6-21(11-22)33-14-18-8-9-19-10-23(28)24(29)12-25(19)31-13-18/h2-13,31H,14-16H2,1H3,(H2,30,32). The third kappa shape index (κ3) is 6.50. The highest BCUT2D eigenvalue weighted by atomic mass is 35.5. The molecule has 35 heavy (non-hydrogen) atoms. The molecule has 0 saturated heterocycles. The molecule has 0 fully saturated rings. The summed E-state index contributed by atoms with van der Waals surface area (Å²) in [5.74, 6) is 1.38. The first-order valence-electron chi connectivity index (χ1n) is 10.9. The second-order valence-corrected chi connectivity index (χ2v) is 8.74. The van der Waals surface area contributed by atoms with Crippen LogP contribution in [0.4, 0.5) is 5.69 Å². The van der Waals surface area contributed by atoms with Crippen molar-refractivity contribution in [3.05, 3.63) is 99.2 Å². The number of hydrogen-bond donors (Lipinski definition) is 2. The van der Waals surface area contributed by atoms with Crippen molar-refractivity contribution in [2.45, 2.75) is 13.5 Å². The van der Waals surface area contributed by atoms with Gasteiger partial charge in [0.15, 0.2) is 6.61 Å². The Hall–Kier alpha value is -3.61. The van der Waals surface area contributed by atoms with Gasteiger partial charge in [-0.25, -0.2) is 0 Å². The number of fused-ring (bicyclic) bond motifs is 1. The van der Waals surface area contributed by atoms with Crippen LogP contribution in [0.15, 0.2) is 72.4 Å². The van der Waals surface area contributed by atoms with Crippen LogP contribution in [-0.4, -0.2) is 19.1 Å². The van der Waals surface area contributed by atoms with E-state index < -0.39 is 5.91 Å². The van der Waals surface area contributed by atoms with Gasteiger partial charge in [0.05, 0.1) is 10.0 Å². The molecule has 1 aliphatic heterocycles. The minimum absolute atomic E-state index is 0.189. The molecule has 1 heterocycles. The summed E-state index contributed by atoms with van der Waals surface area (Å²) in [7, 11) is 0. The molecule has 0 aromatic heterocycles. The Morgan fingerprint density at radius 3 is 2.40 bits per heavy atom. The minimum Gasteiger partial charge on any atom is -0.489 e. The van der Waals surface area contributed by atoms with Gasteiger partial charge in [0, 0.05) is 29.1 Å². The highest BCUT2D eigenvalue weighted by molar-refractivity contribution is 6.42. The van der Waals surface area contributed by atoms with Crippen molar-refractivity contribution < 1.29 is 19.0 Å². The van der Waals surface area contributed by atoms with Gasteiger partial charge in [0.25, 0.3) is 5.91 Å². The van der Waals surface area contributed by atoms with Crippen LogP contribution in [-0.2, 0) is 11.4 Å². The third-order valence-corrected chi connectivity index (χ3v) is 5.96. The number of benzene rings is 3. The second-order valence-electron chi connectivity index (χ2n) is 7.92.